The highest BCUT2D eigenvalue weighted by Crippen LogP contribution is 2.18. The molecular weight excluding hydrogens is 215 g/mol. The van der Waals surface area contributed by atoms with Gasteiger partial charge in [0.1, 0.15) is 7.85 Å². The van der Waals surface area contributed by atoms with Crippen molar-refractivity contribution >= 4 is 30.5 Å². The maximum Gasteiger partial charge on any atom is 0.197 e. The Bertz CT molecular complexity index is 564. The van der Waals surface area contributed by atoms with Crippen molar-refractivity contribution in [3.8, 4) is 0 Å². The van der Waals surface area contributed by atoms with Crippen LogP contribution >= 0.6 is 0 Å². The molecule has 0 spiro atoms. The lowest BCUT2D eigenvalue weighted by Gasteiger charge is -2.09. The maximum atomic E-state index is 5.58. The molecule has 1 aromatic heterocycles. The predicted octanol–water partition coefficient (Wildman–Crippen LogP) is 0.301. The Morgan fingerprint density at radius 2 is 2.24 bits per heavy atom. The van der Waals surface area contributed by atoms with Crippen LogP contribution in [0.25, 0.3) is 5.70 Å². The number of nitrogens with zero attached hydrogens (tertiary/aromatic N) is 2. The molecule has 0 saturated heterocycles. The SMILES string of the molecule is Bc1cc(NC(=C)c2nonc2N)ccc1C. The zero-order valence-electron chi connectivity index (χ0n) is 9.82. The number of anilines is 2. The standard InChI is InChI=1S/C11H13BN4O/c1-6-3-4-8(5-9(6)12)14-7(2)10-11(13)16-17-15-10/h3-5,14H,2,12H2,1H3,(H2,13,16). The van der Waals surface area contributed by atoms with Gasteiger partial charge in [0.05, 0.1) is 5.70 Å². The molecule has 0 aliphatic carbocycles. The van der Waals surface area contributed by atoms with Gasteiger partial charge >= 0.3 is 0 Å². The van der Waals surface area contributed by atoms with Crippen molar-refractivity contribution in [2.75, 3.05) is 11.1 Å². The molecule has 86 valence electrons. The van der Waals surface area contributed by atoms with Gasteiger partial charge in [0.2, 0.25) is 0 Å². The van der Waals surface area contributed by atoms with Crippen LogP contribution < -0.4 is 16.5 Å². The van der Waals surface area contributed by atoms with Crippen LogP contribution in [0, 0.1) is 6.92 Å². The summed E-state index contributed by atoms with van der Waals surface area (Å²) in [7, 11) is 2.05. The first-order valence-corrected chi connectivity index (χ1v) is 5.19. The van der Waals surface area contributed by atoms with E-state index in [1.165, 1.54) is 11.0 Å². The summed E-state index contributed by atoms with van der Waals surface area (Å²) in [6.07, 6.45) is 0. The van der Waals surface area contributed by atoms with Crippen molar-refractivity contribution < 1.29 is 4.63 Å². The van der Waals surface area contributed by atoms with E-state index in [0.717, 1.165) is 5.69 Å². The lowest BCUT2D eigenvalue weighted by atomic mass is 9.91. The smallest absolute Gasteiger partial charge is 0.197 e. The molecule has 0 saturated carbocycles. The fourth-order valence-electron chi connectivity index (χ4n) is 1.46. The summed E-state index contributed by atoms with van der Waals surface area (Å²) in [5.41, 5.74) is 9.95. The molecule has 0 aliphatic heterocycles. The predicted molar refractivity (Wildman–Crippen MR) is 70.7 cm³/mol. The van der Waals surface area contributed by atoms with Crippen molar-refractivity contribution in [1.82, 2.24) is 10.3 Å². The monoisotopic (exact) mass is 228 g/mol. The van der Waals surface area contributed by atoms with E-state index >= 15 is 0 Å². The van der Waals surface area contributed by atoms with Gasteiger partial charge in [0.15, 0.2) is 11.5 Å². The second-order valence-corrected chi connectivity index (χ2v) is 3.90. The molecule has 17 heavy (non-hydrogen) atoms. The number of nitrogen functional groups attached to an aromatic ring is 1. The molecule has 0 fully saturated rings. The molecule has 3 N–H and O–H groups in total. The quantitative estimate of drug-likeness (QED) is 0.739. The molecular formula is C11H13BN4O. The van der Waals surface area contributed by atoms with Crippen LogP contribution in [-0.2, 0) is 0 Å². The summed E-state index contributed by atoms with van der Waals surface area (Å²) in [5, 5.41) is 10.3. The van der Waals surface area contributed by atoms with Crippen molar-refractivity contribution in [2.45, 2.75) is 6.92 Å². The average Bonchev–Trinajstić information content (AvgIpc) is 2.70. The normalized spacial score (nSPS) is 10.2. The molecule has 0 radical (unpaired) electrons. The van der Waals surface area contributed by atoms with Crippen LogP contribution in [0.15, 0.2) is 29.4 Å². The molecule has 0 aliphatic rings. The van der Waals surface area contributed by atoms with Gasteiger partial charge in [-0.1, -0.05) is 23.7 Å². The molecule has 6 heteroatoms. The van der Waals surface area contributed by atoms with E-state index in [-0.39, 0.29) is 5.82 Å². The fourth-order valence-corrected chi connectivity index (χ4v) is 1.46. The first-order chi connectivity index (χ1) is 8.08. The summed E-state index contributed by atoms with van der Waals surface area (Å²) in [5.74, 6) is 0.228. The first kappa shape index (κ1) is 11.3. The molecule has 1 heterocycles. The van der Waals surface area contributed by atoms with E-state index in [2.05, 4.69) is 41.6 Å². The Balaban J connectivity index is 2.19. The van der Waals surface area contributed by atoms with Crippen LogP contribution in [0.4, 0.5) is 11.5 Å². The highest BCUT2D eigenvalue weighted by atomic mass is 16.6. The molecule has 0 atom stereocenters. The third-order valence-electron chi connectivity index (χ3n) is 2.60. The van der Waals surface area contributed by atoms with Gasteiger partial charge in [-0.15, -0.1) is 0 Å². The molecule has 0 amide bonds. The topological polar surface area (TPSA) is 77.0 Å². The minimum absolute atomic E-state index is 0.228. The zero-order chi connectivity index (χ0) is 12.4. The number of nitrogens with one attached hydrogen (secondary N) is 1. The van der Waals surface area contributed by atoms with E-state index in [1.807, 2.05) is 18.2 Å². The van der Waals surface area contributed by atoms with Gasteiger partial charge in [-0.05, 0) is 29.4 Å². The molecule has 5 nitrogen and oxygen atoms in total. The van der Waals surface area contributed by atoms with Gasteiger partial charge in [-0.25, -0.2) is 4.63 Å². The number of nitrogens with two attached hydrogens (primary N) is 1. The van der Waals surface area contributed by atoms with Crippen molar-refractivity contribution in [3.05, 3.63) is 36.0 Å². The number of hydrogen-bond acceptors (Lipinski definition) is 5. The molecule has 2 aromatic rings. The van der Waals surface area contributed by atoms with E-state index in [4.69, 9.17) is 5.73 Å². The number of benzene rings is 1. The minimum atomic E-state index is 0.228. The van der Waals surface area contributed by atoms with Crippen LogP contribution in [0.1, 0.15) is 11.3 Å². The van der Waals surface area contributed by atoms with Gasteiger partial charge < -0.3 is 11.1 Å². The fraction of sp³-hybridized carbons (Fsp3) is 0.0909. The Morgan fingerprint density at radius 3 is 2.82 bits per heavy atom. The number of rotatable bonds is 3. The number of aromatic nitrogens is 2. The van der Waals surface area contributed by atoms with Gasteiger partial charge in [0.25, 0.3) is 0 Å². The highest BCUT2D eigenvalue weighted by Gasteiger charge is 2.10. The van der Waals surface area contributed by atoms with Gasteiger partial charge in [-0.3, -0.25) is 0 Å². The van der Waals surface area contributed by atoms with Crippen LogP contribution in [0.2, 0.25) is 0 Å². The maximum absolute atomic E-state index is 5.58. The molecule has 1 aromatic carbocycles. The number of hydrogen-bond donors (Lipinski definition) is 2. The lowest BCUT2D eigenvalue weighted by molar-refractivity contribution is 0.308. The zero-order valence-corrected chi connectivity index (χ0v) is 9.82. The van der Waals surface area contributed by atoms with Crippen LogP contribution in [0.5, 0.6) is 0 Å². The minimum Gasteiger partial charge on any atom is -0.379 e. The summed E-state index contributed by atoms with van der Waals surface area (Å²) < 4.78 is 4.52. The van der Waals surface area contributed by atoms with E-state index in [0.29, 0.717) is 11.4 Å². The van der Waals surface area contributed by atoms with Crippen molar-refractivity contribution in [2.24, 2.45) is 0 Å². The molecule has 0 bridgehead atoms. The average molecular weight is 228 g/mol. The number of aryl methyl sites for hydroxylation is 1. The summed E-state index contributed by atoms with van der Waals surface area (Å²) in [4.78, 5) is 0. The highest BCUT2D eigenvalue weighted by molar-refractivity contribution is 6.33. The summed E-state index contributed by atoms with van der Waals surface area (Å²) in [6, 6.07) is 6.04. The van der Waals surface area contributed by atoms with Crippen molar-refractivity contribution in [3.63, 3.8) is 0 Å². The largest absolute Gasteiger partial charge is 0.379 e. The second kappa shape index (κ2) is 4.33. The van der Waals surface area contributed by atoms with Crippen LogP contribution in [0.3, 0.4) is 0 Å². The first-order valence-electron chi connectivity index (χ1n) is 5.19. The Kier molecular flexibility index (Phi) is 2.87. The molecule has 2 rings (SSSR count). The summed E-state index contributed by atoms with van der Waals surface area (Å²) >= 11 is 0. The Morgan fingerprint density at radius 1 is 1.47 bits per heavy atom. The second-order valence-electron chi connectivity index (χ2n) is 3.90. The van der Waals surface area contributed by atoms with Gasteiger partial charge in [0, 0.05) is 5.69 Å². The van der Waals surface area contributed by atoms with Crippen LogP contribution in [-0.4, -0.2) is 18.2 Å². The van der Waals surface area contributed by atoms with E-state index < -0.39 is 0 Å². The third kappa shape index (κ3) is 2.30. The molecule has 0 unspecified atom stereocenters. The summed E-state index contributed by atoms with van der Waals surface area (Å²) in [6.45, 7) is 5.91. The third-order valence-corrected chi connectivity index (χ3v) is 2.60. The van der Waals surface area contributed by atoms with Gasteiger partial charge in [-0.2, -0.15) is 0 Å². The van der Waals surface area contributed by atoms with E-state index in [9.17, 15) is 0 Å². The van der Waals surface area contributed by atoms with Crippen molar-refractivity contribution in [1.29, 1.82) is 0 Å². The Hall–Kier alpha value is -2.24. The van der Waals surface area contributed by atoms with E-state index in [1.54, 1.807) is 0 Å². The Labute approximate surface area is 100 Å². The lowest BCUT2D eigenvalue weighted by Crippen LogP contribution is -2.09.